The molecule has 6 heteroatoms. The van der Waals surface area contributed by atoms with E-state index in [2.05, 4.69) is 40.2 Å². The number of aryl methyl sites for hydroxylation is 1. The highest BCUT2D eigenvalue weighted by Crippen LogP contribution is 2.23. The molecular formula is C15H14N4OS. The molecule has 0 aliphatic heterocycles. The van der Waals surface area contributed by atoms with E-state index in [0.29, 0.717) is 29.0 Å². The van der Waals surface area contributed by atoms with Crippen molar-refractivity contribution in [3.05, 3.63) is 53.9 Å². The highest BCUT2D eigenvalue weighted by Gasteiger charge is 2.10. The molecule has 2 aromatic heterocycles. The summed E-state index contributed by atoms with van der Waals surface area (Å²) < 4.78 is 5.23. The lowest BCUT2D eigenvalue weighted by molar-refractivity contribution is 0.424. The van der Waals surface area contributed by atoms with Crippen LogP contribution in [0.25, 0.3) is 11.6 Å². The summed E-state index contributed by atoms with van der Waals surface area (Å²) in [7, 11) is 0. The lowest BCUT2D eigenvalue weighted by Crippen LogP contribution is -1.91. The first-order valence-corrected chi connectivity index (χ1v) is 7.44. The number of nitrogens with two attached hydrogens (primary N) is 1. The fraction of sp³-hybridized carbons (Fsp3) is 0.133. The Morgan fingerprint density at radius 2 is 2.00 bits per heavy atom. The van der Waals surface area contributed by atoms with Crippen molar-refractivity contribution in [3.63, 3.8) is 0 Å². The van der Waals surface area contributed by atoms with Gasteiger partial charge in [-0.1, -0.05) is 28.9 Å². The van der Waals surface area contributed by atoms with Gasteiger partial charge in [-0.25, -0.2) is 4.98 Å². The summed E-state index contributed by atoms with van der Waals surface area (Å²) in [6.45, 7) is 2.07. The molecule has 0 fully saturated rings. The molecule has 5 nitrogen and oxygen atoms in total. The van der Waals surface area contributed by atoms with Crippen molar-refractivity contribution in [2.45, 2.75) is 17.6 Å². The molecule has 0 spiro atoms. The summed E-state index contributed by atoms with van der Waals surface area (Å²) in [5.74, 6) is 2.11. The van der Waals surface area contributed by atoms with Gasteiger partial charge in [0.25, 0.3) is 5.89 Å². The smallest absolute Gasteiger partial charge is 0.276 e. The maximum absolute atomic E-state index is 5.65. The predicted octanol–water partition coefficient (Wildman–Crippen LogP) is 3.31. The Hall–Kier alpha value is -2.34. The van der Waals surface area contributed by atoms with E-state index in [1.54, 1.807) is 23.9 Å². The average molecular weight is 298 g/mol. The van der Waals surface area contributed by atoms with E-state index in [1.165, 1.54) is 10.5 Å². The van der Waals surface area contributed by atoms with Crippen LogP contribution in [0.1, 0.15) is 11.4 Å². The van der Waals surface area contributed by atoms with Crippen molar-refractivity contribution in [1.82, 2.24) is 15.1 Å². The minimum Gasteiger partial charge on any atom is -0.384 e. The van der Waals surface area contributed by atoms with E-state index in [-0.39, 0.29) is 0 Å². The summed E-state index contributed by atoms with van der Waals surface area (Å²) in [5, 5.41) is 3.97. The zero-order valence-electron chi connectivity index (χ0n) is 11.5. The SMILES string of the molecule is Cc1cccc(SCc2noc(-c3cccc(N)n3)n2)c1. The second-order valence-corrected chi connectivity index (χ2v) is 5.62. The first-order valence-electron chi connectivity index (χ1n) is 6.46. The van der Waals surface area contributed by atoms with Gasteiger partial charge in [0.1, 0.15) is 11.5 Å². The van der Waals surface area contributed by atoms with Gasteiger partial charge in [0.2, 0.25) is 0 Å². The van der Waals surface area contributed by atoms with Crippen LogP contribution < -0.4 is 5.73 Å². The highest BCUT2D eigenvalue weighted by molar-refractivity contribution is 7.98. The lowest BCUT2D eigenvalue weighted by atomic mass is 10.2. The summed E-state index contributed by atoms with van der Waals surface area (Å²) in [6, 6.07) is 13.6. The van der Waals surface area contributed by atoms with Crippen molar-refractivity contribution in [1.29, 1.82) is 0 Å². The molecule has 0 unspecified atom stereocenters. The molecule has 106 valence electrons. The Kier molecular flexibility index (Phi) is 3.87. The Bertz CT molecular complexity index is 757. The van der Waals surface area contributed by atoms with E-state index >= 15 is 0 Å². The zero-order chi connectivity index (χ0) is 14.7. The third-order valence-corrected chi connectivity index (χ3v) is 3.81. The normalized spacial score (nSPS) is 10.7. The predicted molar refractivity (Wildman–Crippen MR) is 82.7 cm³/mol. The third kappa shape index (κ3) is 3.41. The van der Waals surface area contributed by atoms with Gasteiger partial charge in [0.15, 0.2) is 5.82 Å². The molecule has 0 amide bonds. The largest absolute Gasteiger partial charge is 0.384 e. The van der Waals surface area contributed by atoms with E-state index < -0.39 is 0 Å². The number of nitrogens with zero attached hydrogens (tertiary/aromatic N) is 3. The summed E-state index contributed by atoms with van der Waals surface area (Å²) in [6.07, 6.45) is 0. The van der Waals surface area contributed by atoms with Crippen molar-refractivity contribution in [2.24, 2.45) is 0 Å². The maximum atomic E-state index is 5.65. The number of rotatable bonds is 4. The number of thioether (sulfide) groups is 1. The van der Waals surface area contributed by atoms with Crippen molar-refractivity contribution in [2.75, 3.05) is 5.73 Å². The number of nitrogen functional groups attached to an aromatic ring is 1. The molecule has 2 heterocycles. The van der Waals surface area contributed by atoms with Crippen LogP contribution in [0, 0.1) is 6.92 Å². The number of pyridine rings is 1. The fourth-order valence-electron chi connectivity index (χ4n) is 1.84. The molecule has 0 aliphatic carbocycles. The summed E-state index contributed by atoms with van der Waals surface area (Å²) in [4.78, 5) is 9.69. The third-order valence-electron chi connectivity index (χ3n) is 2.82. The van der Waals surface area contributed by atoms with Crippen LogP contribution in [0.4, 0.5) is 5.82 Å². The molecule has 0 saturated carbocycles. The average Bonchev–Trinajstić information content (AvgIpc) is 2.94. The molecule has 2 N–H and O–H groups in total. The Morgan fingerprint density at radius 3 is 2.81 bits per heavy atom. The Labute approximate surface area is 126 Å². The molecule has 3 aromatic rings. The monoisotopic (exact) mass is 298 g/mol. The first-order chi connectivity index (χ1) is 10.2. The summed E-state index contributed by atoms with van der Waals surface area (Å²) in [5.41, 5.74) is 7.47. The van der Waals surface area contributed by atoms with Gasteiger partial charge in [-0.15, -0.1) is 11.8 Å². The first kappa shape index (κ1) is 13.6. The van der Waals surface area contributed by atoms with Crippen LogP contribution in [-0.2, 0) is 5.75 Å². The van der Waals surface area contributed by atoms with Crippen LogP contribution in [0.5, 0.6) is 0 Å². The van der Waals surface area contributed by atoms with Gasteiger partial charge in [0, 0.05) is 4.90 Å². The zero-order valence-corrected chi connectivity index (χ0v) is 12.3. The molecule has 0 atom stereocenters. The van der Waals surface area contributed by atoms with E-state index in [4.69, 9.17) is 10.3 Å². The van der Waals surface area contributed by atoms with E-state index in [0.717, 1.165) is 0 Å². The Balaban J connectivity index is 1.71. The van der Waals surface area contributed by atoms with Crippen LogP contribution >= 0.6 is 11.8 Å². The van der Waals surface area contributed by atoms with Gasteiger partial charge in [-0.3, -0.25) is 0 Å². The maximum Gasteiger partial charge on any atom is 0.276 e. The number of aromatic nitrogens is 3. The van der Waals surface area contributed by atoms with Gasteiger partial charge in [-0.2, -0.15) is 4.98 Å². The molecule has 0 aliphatic rings. The topological polar surface area (TPSA) is 77.8 Å². The van der Waals surface area contributed by atoms with E-state index in [1.807, 2.05) is 12.1 Å². The van der Waals surface area contributed by atoms with Crippen LogP contribution in [-0.4, -0.2) is 15.1 Å². The second kappa shape index (κ2) is 5.97. The molecule has 0 saturated heterocycles. The molecule has 3 rings (SSSR count). The van der Waals surface area contributed by atoms with Crippen LogP contribution in [0.2, 0.25) is 0 Å². The van der Waals surface area contributed by atoms with Crippen LogP contribution in [0.3, 0.4) is 0 Å². The standard InChI is InChI=1S/C15H14N4OS/c1-10-4-2-5-11(8-10)21-9-14-18-15(20-19-14)12-6-3-7-13(16)17-12/h2-8H,9H2,1H3,(H2,16,17). The Morgan fingerprint density at radius 1 is 1.14 bits per heavy atom. The van der Waals surface area contributed by atoms with Gasteiger partial charge >= 0.3 is 0 Å². The number of anilines is 1. The highest BCUT2D eigenvalue weighted by atomic mass is 32.2. The molecule has 21 heavy (non-hydrogen) atoms. The van der Waals surface area contributed by atoms with E-state index in [9.17, 15) is 0 Å². The summed E-state index contributed by atoms with van der Waals surface area (Å²) >= 11 is 1.67. The lowest BCUT2D eigenvalue weighted by Gasteiger charge is -1.99. The number of hydrogen-bond donors (Lipinski definition) is 1. The van der Waals surface area contributed by atoms with Gasteiger partial charge in [0.05, 0.1) is 5.75 Å². The minimum absolute atomic E-state index is 0.391. The fourth-order valence-corrected chi connectivity index (χ4v) is 2.70. The van der Waals surface area contributed by atoms with Crippen molar-refractivity contribution >= 4 is 17.6 Å². The molecule has 0 bridgehead atoms. The van der Waals surface area contributed by atoms with Crippen LogP contribution in [0.15, 0.2) is 51.9 Å². The quantitative estimate of drug-likeness (QED) is 0.744. The number of hydrogen-bond acceptors (Lipinski definition) is 6. The molecular weight excluding hydrogens is 284 g/mol. The minimum atomic E-state index is 0.391. The van der Waals surface area contributed by atoms with Crippen molar-refractivity contribution < 1.29 is 4.52 Å². The molecule has 0 radical (unpaired) electrons. The van der Waals surface area contributed by atoms with Gasteiger partial charge in [-0.05, 0) is 31.2 Å². The molecule has 1 aromatic carbocycles. The second-order valence-electron chi connectivity index (χ2n) is 4.57. The number of benzene rings is 1. The van der Waals surface area contributed by atoms with Gasteiger partial charge < -0.3 is 10.3 Å². The van der Waals surface area contributed by atoms with Crippen molar-refractivity contribution in [3.8, 4) is 11.6 Å².